The number of hydrogen-bond donors (Lipinski definition) is 1. The van der Waals surface area contributed by atoms with E-state index in [4.69, 9.17) is 15.7 Å². The van der Waals surface area contributed by atoms with E-state index >= 15 is 0 Å². The van der Waals surface area contributed by atoms with Gasteiger partial charge in [0.05, 0.1) is 23.9 Å². The molecule has 1 aromatic carbocycles. The third-order valence-corrected chi connectivity index (χ3v) is 2.75. The second-order valence-electron chi connectivity index (χ2n) is 4.08. The standard InChI is InChI=1S/C15H20N2O/c1-3-5-10-18-14-8-6-13(7-9-14)15(17)12(4-2)11-16/h6-9H,3-5,10,17H2,1-2H3/b15-12+. The summed E-state index contributed by atoms with van der Waals surface area (Å²) in [4.78, 5) is 0. The second-order valence-corrected chi connectivity index (χ2v) is 4.08. The third kappa shape index (κ3) is 3.81. The number of hydrogen-bond acceptors (Lipinski definition) is 3. The normalized spacial score (nSPS) is 11.6. The summed E-state index contributed by atoms with van der Waals surface area (Å²) in [6.45, 7) is 4.79. The Morgan fingerprint density at radius 1 is 1.28 bits per heavy atom. The first-order chi connectivity index (χ1) is 8.72. The molecule has 0 bridgehead atoms. The van der Waals surface area contributed by atoms with Crippen LogP contribution in [0.1, 0.15) is 38.7 Å². The third-order valence-electron chi connectivity index (χ3n) is 2.75. The predicted molar refractivity (Wildman–Crippen MR) is 73.9 cm³/mol. The summed E-state index contributed by atoms with van der Waals surface area (Å²) >= 11 is 0. The Kier molecular flexibility index (Phi) is 5.79. The molecule has 3 heteroatoms. The van der Waals surface area contributed by atoms with Crippen LogP contribution < -0.4 is 10.5 Å². The minimum absolute atomic E-state index is 0.556. The molecule has 18 heavy (non-hydrogen) atoms. The summed E-state index contributed by atoms with van der Waals surface area (Å²) in [6.07, 6.45) is 2.82. The van der Waals surface area contributed by atoms with Gasteiger partial charge in [0.1, 0.15) is 5.75 Å². The Morgan fingerprint density at radius 3 is 2.44 bits per heavy atom. The molecule has 1 rings (SSSR count). The highest BCUT2D eigenvalue weighted by atomic mass is 16.5. The number of ether oxygens (including phenoxy) is 1. The van der Waals surface area contributed by atoms with E-state index in [2.05, 4.69) is 13.0 Å². The van der Waals surface area contributed by atoms with E-state index in [1.54, 1.807) is 0 Å². The fourth-order valence-corrected chi connectivity index (χ4v) is 1.57. The number of unbranched alkanes of at least 4 members (excludes halogenated alkanes) is 1. The van der Waals surface area contributed by atoms with Crippen LogP contribution in [-0.2, 0) is 0 Å². The van der Waals surface area contributed by atoms with Gasteiger partial charge in [-0.15, -0.1) is 0 Å². The molecule has 0 aliphatic rings. The number of allylic oxidation sites excluding steroid dienone is 1. The molecule has 0 spiro atoms. The molecular formula is C15H20N2O. The van der Waals surface area contributed by atoms with Crippen LogP contribution in [0.3, 0.4) is 0 Å². The quantitative estimate of drug-likeness (QED) is 0.615. The molecule has 0 unspecified atom stereocenters. The fraction of sp³-hybridized carbons (Fsp3) is 0.400. The lowest BCUT2D eigenvalue weighted by molar-refractivity contribution is 0.309. The van der Waals surface area contributed by atoms with Gasteiger partial charge in [-0.1, -0.05) is 20.3 Å². The largest absolute Gasteiger partial charge is 0.494 e. The van der Waals surface area contributed by atoms with Crippen LogP contribution in [0.25, 0.3) is 5.70 Å². The number of rotatable bonds is 6. The predicted octanol–water partition coefficient (Wildman–Crippen LogP) is 3.47. The topological polar surface area (TPSA) is 59.0 Å². The van der Waals surface area contributed by atoms with Crippen molar-refractivity contribution in [1.82, 2.24) is 0 Å². The molecular weight excluding hydrogens is 224 g/mol. The van der Waals surface area contributed by atoms with Gasteiger partial charge in [-0.25, -0.2) is 0 Å². The molecule has 1 aromatic rings. The fourth-order valence-electron chi connectivity index (χ4n) is 1.57. The van der Waals surface area contributed by atoms with Gasteiger partial charge in [0.2, 0.25) is 0 Å². The maximum absolute atomic E-state index is 8.94. The lowest BCUT2D eigenvalue weighted by Gasteiger charge is -2.07. The average molecular weight is 244 g/mol. The maximum atomic E-state index is 8.94. The van der Waals surface area contributed by atoms with E-state index in [0.29, 0.717) is 17.7 Å². The highest BCUT2D eigenvalue weighted by Crippen LogP contribution is 2.19. The summed E-state index contributed by atoms with van der Waals surface area (Å²) in [5.74, 6) is 0.843. The monoisotopic (exact) mass is 244 g/mol. The Bertz CT molecular complexity index is 441. The molecule has 0 saturated heterocycles. The molecule has 0 aliphatic carbocycles. The minimum atomic E-state index is 0.556. The zero-order valence-corrected chi connectivity index (χ0v) is 11.1. The van der Waals surface area contributed by atoms with Gasteiger partial charge in [-0.3, -0.25) is 0 Å². The summed E-state index contributed by atoms with van der Waals surface area (Å²) in [5.41, 5.74) is 8.00. The Morgan fingerprint density at radius 2 is 1.94 bits per heavy atom. The molecule has 0 amide bonds. The van der Waals surface area contributed by atoms with Gasteiger partial charge in [0, 0.05) is 0 Å². The van der Waals surface area contributed by atoms with E-state index < -0.39 is 0 Å². The molecule has 96 valence electrons. The maximum Gasteiger partial charge on any atom is 0.119 e. The van der Waals surface area contributed by atoms with Gasteiger partial charge >= 0.3 is 0 Å². The average Bonchev–Trinajstić information content (AvgIpc) is 2.41. The zero-order valence-electron chi connectivity index (χ0n) is 11.1. The minimum Gasteiger partial charge on any atom is -0.494 e. The highest BCUT2D eigenvalue weighted by Gasteiger charge is 2.04. The zero-order chi connectivity index (χ0) is 13.4. The second kappa shape index (κ2) is 7.39. The number of nitrogens with zero attached hydrogens (tertiary/aromatic N) is 1. The van der Waals surface area contributed by atoms with E-state index in [1.165, 1.54) is 0 Å². The van der Waals surface area contributed by atoms with Gasteiger partial charge in [0.15, 0.2) is 0 Å². The number of benzene rings is 1. The van der Waals surface area contributed by atoms with Crippen LogP contribution in [0.2, 0.25) is 0 Å². The molecule has 3 nitrogen and oxygen atoms in total. The molecule has 0 aromatic heterocycles. The van der Waals surface area contributed by atoms with Crippen molar-refractivity contribution in [2.45, 2.75) is 33.1 Å². The molecule has 0 atom stereocenters. The van der Waals surface area contributed by atoms with Crippen molar-refractivity contribution < 1.29 is 4.74 Å². The Balaban J connectivity index is 2.77. The van der Waals surface area contributed by atoms with Crippen LogP contribution in [0.15, 0.2) is 29.8 Å². The van der Waals surface area contributed by atoms with Crippen molar-refractivity contribution >= 4 is 5.70 Å². The van der Waals surface area contributed by atoms with Crippen molar-refractivity contribution in [2.75, 3.05) is 6.61 Å². The van der Waals surface area contributed by atoms with Crippen LogP contribution >= 0.6 is 0 Å². The van der Waals surface area contributed by atoms with E-state index in [1.807, 2.05) is 31.2 Å². The summed E-state index contributed by atoms with van der Waals surface area (Å²) in [5, 5.41) is 8.94. The van der Waals surface area contributed by atoms with Crippen LogP contribution in [0.4, 0.5) is 0 Å². The van der Waals surface area contributed by atoms with Crippen molar-refractivity contribution in [3.63, 3.8) is 0 Å². The molecule has 0 saturated carbocycles. The van der Waals surface area contributed by atoms with Crippen LogP contribution in [-0.4, -0.2) is 6.61 Å². The Hall–Kier alpha value is -1.95. The van der Waals surface area contributed by atoms with Crippen LogP contribution in [0, 0.1) is 11.3 Å². The first-order valence-corrected chi connectivity index (χ1v) is 6.34. The van der Waals surface area contributed by atoms with E-state index in [0.717, 1.165) is 30.8 Å². The smallest absolute Gasteiger partial charge is 0.119 e. The van der Waals surface area contributed by atoms with Gasteiger partial charge in [-0.2, -0.15) is 5.26 Å². The van der Waals surface area contributed by atoms with E-state index in [-0.39, 0.29) is 0 Å². The van der Waals surface area contributed by atoms with Crippen LogP contribution in [0.5, 0.6) is 5.75 Å². The first kappa shape index (κ1) is 14.1. The van der Waals surface area contributed by atoms with Crippen molar-refractivity contribution in [3.8, 4) is 11.8 Å². The highest BCUT2D eigenvalue weighted by molar-refractivity contribution is 5.69. The molecule has 0 heterocycles. The van der Waals surface area contributed by atoms with Crippen molar-refractivity contribution in [2.24, 2.45) is 5.73 Å². The summed E-state index contributed by atoms with van der Waals surface area (Å²) in [6, 6.07) is 9.70. The summed E-state index contributed by atoms with van der Waals surface area (Å²) in [7, 11) is 0. The number of nitriles is 1. The van der Waals surface area contributed by atoms with Gasteiger partial charge < -0.3 is 10.5 Å². The molecule has 2 N–H and O–H groups in total. The molecule has 0 aliphatic heterocycles. The summed E-state index contributed by atoms with van der Waals surface area (Å²) < 4.78 is 5.57. The molecule has 0 fully saturated rings. The Labute approximate surface area is 109 Å². The first-order valence-electron chi connectivity index (χ1n) is 6.34. The van der Waals surface area contributed by atoms with Gasteiger partial charge in [0.25, 0.3) is 0 Å². The lowest BCUT2D eigenvalue weighted by Crippen LogP contribution is -2.01. The number of nitrogens with two attached hydrogens (primary N) is 1. The van der Waals surface area contributed by atoms with E-state index in [9.17, 15) is 0 Å². The van der Waals surface area contributed by atoms with Crippen molar-refractivity contribution in [1.29, 1.82) is 5.26 Å². The SMILES string of the molecule is CCCCOc1ccc(/C(N)=C(\C#N)CC)cc1. The molecule has 0 radical (unpaired) electrons. The van der Waals surface area contributed by atoms with Crippen molar-refractivity contribution in [3.05, 3.63) is 35.4 Å². The lowest BCUT2D eigenvalue weighted by atomic mass is 10.1. The van der Waals surface area contributed by atoms with Gasteiger partial charge in [-0.05, 0) is 42.7 Å².